The summed E-state index contributed by atoms with van der Waals surface area (Å²) in [6.07, 6.45) is 3.24. The third-order valence-corrected chi connectivity index (χ3v) is 5.30. The van der Waals surface area contributed by atoms with E-state index in [0.29, 0.717) is 11.4 Å². The molecule has 8 nitrogen and oxygen atoms in total. The van der Waals surface area contributed by atoms with Crippen LogP contribution < -0.4 is 15.8 Å². The number of benzene rings is 1. The standard InChI is InChI=1S/C12H10N6O2S2/c13-10-9(17-22(19,20)18-10)6-1-2-8-7(5-6)16-11-12(21-8)15-4-3-14-11/h1-5,9,17H,(H2,13,18)(H,14,16). The van der Waals surface area contributed by atoms with Crippen molar-refractivity contribution in [3.63, 3.8) is 0 Å². The van der Waals surface area contributed by atoms with Crippen molar-refractivity contribution in [1.29, 1.82) is 0 Å². The first-order valence-corrected chi connectivity index (χ1v) is 8.55. The number of amidine groups is 1. The summed E-state index contributed by atoms with van der Waals surface area (Å²) in [5.41, 5.74) is 7.24. The Bertz CT molecular complexity index is 912. The molecule has 0 aliphatic carbocycles. The fourth-order valence-electron chi connectivity index (χ4n) is 2.30. The number of hydrogen-bond acceptors (Lipinski definition) is 7. The molecule has 0 fully saturated rings. The molecule has 4 N–H and O–H groups in total. The number of anilines is 2. The maximum absolute atomic E-state index is 11.5. The van der Waals surface area contributed by atoms with Crippen molar-refractivity contribution < 1.29 is 8.42 Å². The van der Waals surface area contributed by atoms with Crippen LogP contribution in [-0.4, -0.2) is 24.2 Å². The highest BCUT2D eigenvalue weighted by atomic mass is 32.2. The van der Waals surface area contributed by atoms with Crippen molar-refractivity contribution >= 4 is 39.3 Å². The molecule has 0 radical (unpaired) electrons. The lowest BCUT2D eigenvalue weighted by atomic mass is 10.1. The van der Waals surface area contributed by atoms with Crippen molar-refractivity contribution in [2.45, 2.75) is 16.0 Å². The minimum Gasteiger partial charge on any atom is -0.385 e. The summed E-state index contributed by atoms with van der Waals surface area (Å²) in [7, 11) is -3.70. The Kier molecular flexibility index (Phi) is 2.86. The topological polar surface area (TPSA) is 122 Å². The Morgan fingerprint density at radius 2 is 2.05 bits per heavy atom. The molecule has 0 saturated carbocycles. The lowest BCUT2D eigenvalue weighted by molar-refractivity contribution is 0.585. The van der Waals surface area contributed by atoms with Crippen LogP contribution in [0.25, 0.3) is 0 Å². The highest BCUT2D eigenvalue weighted by Crippen LogP contribution is 2.42. The first-order chi connectivity index (χ1) is 10.5. The van der Waals surface area contributed by atoms with Gasteiger partial charge in [0.1, 0.15) is 16.9 Å². The Morgan fingerprint density at radius 3 is 2.82 bits per heavy atom. The molecule has 0 bridgehead atoms. The van der Waals surface area contributed by atoms with E-state index >= 15 is 0 Å². The number of fused-ring (bicyclic) bond motifs is 2. The second-order valence-electron chi connectivity index (χ2n) is 4.73. The summed E-state index contributed by atoms with van der Waals surface area (Å²) in [6.45, 7) is 0. The average Bonchev–Trinajstić information content (AvgIpc) is 2.77. The fourth-order valence-corrected chi connectivity index (χ4v) is 4.17. The Morgan fingerprint density at radius 1 is 1.23 bits per heavy atom. The van der Waals surface area contributed by atoms with Crippen molar-refractivity contribution in [2.24, 2.45) is 10.1 Å². The molecule has 4 rings (SSSR count). The van der Waals surface area contributed by atoms with Crippen LogP contribution in [0.5, 0.6) is 0 Å². The van der Waals surface area contributed by atoms with Crippen molar-refractivity contribution in [3.05, 3.63) is 36.2 Å². The van der Waals surface area contributed by atoms with Gasteiger partial charge in [-0.25, -0.2) is 9.97 Å². The average molecular weight is 334 g/mol. The van der Waals surface area contributed by atoms with E-state index < -0.39 is 16.3 Å². The summed E-state index contributed by atoms with van der Waals surface area (Å²) in [5.74, 6) is 0.703. The van der Waals surface area contributed by atoms with Crippen molar-refractivity contribution in [3.8, 4) is 0 Å². The molecular weight excluding hydrogens is 324 g/mol. The van der Waals surface area contributed by atoms with Crippen molar-refractivity contribution in [1.82, 2.24) is 14.7 Å². The second-order valence-corrected chi connectivity index (χ2v) is 7.13. The molecule has 1 atom stereocenters. The number of aromatic nitrogens is 2. The first-order valence-electron chi connectivity index (χ1n) is 6.29. The molecule has 1 unspecified atom stereocenters. The summed E-state index contributed by atoms with van der Waals surface area (Å²) in [4.78, 5) is 9.47. The second kappa shape index (κ2) is 4.66. The maximum atomic E-state index is 11.5. The van der Waals surface area contributed by atoms with Crippen LogP contribution in [0, 0.1) is 0 Å². The zero-order chi connectivity index (χ0) is 15.3. The number of rotatable bonds is 1. The summed E-state index contributed by atoms with van der Waals surface area (Å²) in [6, 6.07) is 4.89. The molecule has 112 valence electrons. The van der Waals surface area contributed by atoms with Gasteiger partial charge in [0.05, 0.1) is 5.69 Å². The fraction of sp³-hybridized carbons (Fsp3) is 0.0833. The quantitative estimate of drug-likeness (QED) is 0.605. The smallest absolute Gasteiger partial charge is 0.322 e. The van der Waals surface area contributed by atoms with Crippen LogP contribution in [0.1, 0.15) is 11.6 Å². The molecule has 2 aliphatic rings. The van der Waals surface area contributed by atoms with E-state index in [4.69, 9.17) is 5.73 Å². The van der Waals surface area contributed by atoms with E-state index in [1.54, 1.807) is 12.4 Å². The van der Waals surface area contributed by atoms with Gasteiger partial charge in [-0.3, -0.25) is 0 Å². The van der Waals surface area contributed by atoms with Gasteiger partial charge >= 0.3 is 10.2 Å². The molecule has 0 amide bonds. The largest absolute Gasteiger partial charge is 0.385 e. The van der Waals surface area contributed by atoms with Gasteiger partial charge in [0, 0.05) is 17.3 Å². The van der Waals surface area contributed by atoms with E-state index in [1.165, 1.54) is 11.8 Å². The van der Waals surface area contributed by atoms with Gasteiger partial charge in [-0.1, -0.05) is 17.8 Å². The minimum absolute atomic E-state index is 0.0311. The van der Waals surface area contributed by atoms with Gasteiger partial charge < -0.3 is 11.1 Å². The van der Waals surface area contributed by atoms with E-state index in [2.05, 4.69) is 24.4 Å². The lowest BCUT2D eigenvalue weighted by Gasteiger charge is -2.20. The van der Waals surface area contributed by atoms with Gasteiger partial charge in [-0.2, -0.15) is 13.1 Å². The predicted octanol–water partition coefficient (Wildman–Crippen LogP) is 0.931. The Balaban J connectivity index is 1.71. The van der Waals surface area contributed by atoms with Gasteiger partial charge in [-0.15, -0.1) is 4.40 Å². The van der Waals surface area contributed by atoms with E-state index in [1.807, 2.05) is 18.2 Å². The van der Waals surface area contributed by atoms with E-state index in [0.717, 1.165) is 15.6 Å². The number of nitrogens with one attached hydrogen (secondary N) is 2. The highest BCUT2D eigenvalue weighted by molar-refractivity contribution is 7.99. The summed E-state index contributed by atoms with van der Waals surface area (Å²) < 4.78 is 28.8. The highest BCUT2D eigenvalue weighted by Gasteiger charge is 2.30. The van der Waals surface area contributed by atoms with Gasteiger partial charge in [0.15, 0.2) is 5.82 Å². The molecular formula is C12H10N6O2S2. The summed E-state index contributed by atoms with van der Waals surface area (Å²) in [5, 5.41) is 3.98. The third-order valence-electron chi connectivity index (χ3n) is 3.25. The number of nitrogens with two attached hydrogens (primary N) is 1. The molecule has 0 saturated heterocycles. The molecule has 0 spiro atoms. The Hall–Kier alpha value is -2.17. The maximum Gasteiger partial charge on any atom is 0.322 e. The van der Waals surface area contributed by atoms with Crippen molar-refractivity contribution in [2.75, 3.05) is 5.32 Å². The molecule has 1 aromatic heterocycles. The van der Waals surface area contributed by atoms with Gasteiger partial charge in [-0.05, 0) is 17.7 Å². The molecule has 2 aromatic rings. The van der Waals surface area contributed by atoms with E-state index in [9.17, 15) is 8.42 Å². The van der Waals surface area contributed by atoms with Crippen LogP contribution >= 0.6 is 11.8 Å². The number of nitrogens with zero attached hydrogens (tertiary/aromatic N) is 3. The normalized spacial score (nSPS) is 21.5. The summed E-state index contributed by atoms with van der Waals surface area (Å²) >= 11 is 1.50. The minimum atomic E-state index is -3.70. The third kappa shape index (κ3) is 2.21. The molecule has 3 heterocycles. The van der Waals surface area contributed by atoms with Gasteiger partial charge in [0.25, 0.3) is 0 Å². The van der Waals surface area contributed by atoms with Crippen LogP contribution in [-0.2, 0) is 10.2 Å². The lowest BCUT2D eigenvalue weighted by Crippen LogP contribution is -2.28. The number of hydrogen-bond donors (Lipinski definition) is 3. The zero-order valence-electron chi connectivity index (χ0n) is 11.0. The van der Waals surface area contributed by atoms with E-state index in [-0.39, 0.29) is 5.84 Å². The molecule has 22 heavy (non-hydrogen) atoms. The Labute approximate surface area is 130 Å². The van der Waals surface area contributed by atoms with Gasteiger partial charge in [0.2, 0.25) is 0 Å². The predicted molar refractivity (Wildman–Crippen MR) is 82.3 cm³/mol. The SMILES string of the molecule is NC1=NS(=O)(=O)NC1c1ccc2c(c1)Nc1nccnc1S2. The molecule has 1 aromatic carbocycles. The molecule has 2 aliphatic heterocycles. The first kappa shape index (κ1) is 13.5. The molecule has 10 heteroatoms. The van der Waals surface area contributed by atoms with Crippen LogP contribution in [0.15, 0.2) is 44.9 Å². The monoisotopic (exact) mass is 334 g/mol. The van der Waals surface area contributed by atoms with Crippen LogP contribution in [0.2, 0.25) is 0 Å². The van der Waals surface area contributed by atoms with Crippen LogP contribution in [0.3, 0.4) is 0 Å². The zero-order valence-corrected chi connectivity index (χ0v) is 12.6. The van der Waals surface area contributed by atoms with Crippen LogP contribution in [0.4, 0.5) is 11.5 Å².